The molecule has 3 fully saturated rings. The molecule has 1 saturated carbocycles. The van der Waals surface area contributed by atoms with Gasteiger partial charge in [0.1, 0.15) is 5.54 Å². The van der Waals surface area contributed by atoms with Crippen LogP contribution in [0.5, 0.6) is 11.5 Å². The Balaban J connectivity index is 1.22. The number of fused-ring (bicyclic) bond motifs is 1. The molecule has 4 aliphatic rings. The number of amides is 3. The first-order chi connectivity index (χ1) is 15.3. The smallest absolute Gasteiger partial charge is 0.326 e. The van der Waals surface area contributed by atoms with Crippen molar-refractivity contribution in [2.24, 2.45) is 5.92 Å². The van der Waals surface area contributed by atoms with Gasteiger partial charge >= 0.3 is 6.03 Å². The zero-order valence-electron chi connectivity index (χ0n) is 18.1. The predicted molar refractivity (Wildman–Crippen MR) is 114 cm³/mol. The van der Waals surface area contributed by atoms with Gasteiger partial charge < -0.3 is 14.8 Å². The molecule has 5 rings (SSSR count). The van der Waals surface area contributed by atoms with E-state index in [1.807, 2.05) is 4.90 Å². The van der Waals surface area contributed by atoms with Crippen LogP contribution in [-0.2, 0) is 14.8 Å². The highest BCUT2D eigenvalue weighted by atomic mass is 32.2. The van der Waals surface area contributed by atoms with Gasteiger partial charge in [0, 0.05) is 38.7 Å². The Hall–Kier alpha value is -2.37. The predicted octanol–water partition coefficient (Wildman–Crippen LogP) is 0.832. The maximum Gasteiger partial charge on any atom is 0.326 e. The maximum absolute atomic E-state index is 13.2. The Morgan fingerprint density at radius 1 is 1.06 bits per heavy atom. The Bertz CT molecular complexity index is 1030. The third-order valence-electron chi connectivity index (χ3n) is 6.72. The molecule has 3 amide bonds. The molecule has 0 spiro atoms. The molecule has 1 aromatic carbocycles. The highest BCUT2D eigenvalue weighted by Crippen LogP contribution is 2.42. The van der Waals surface area contributed by atoms with Crippen molar-refractivity contribution >= 4 is 22.0 Å². The van der Waals surface area contributed by atoms with E-state index in [9.17, 15) is 18.0 Å². The average Bonchev–Trinajstić information content (AvgIpc) is 3.62. The quantitative estimate of drug-likeness (QED) is 0.643. The lowest BCUT2D eigenvalue weighted by Crippen LogP contribution is -2.53. The van der Waals surface area contributed by atoms with E-state index < -0.39 is 15.6 Å². The summed E-state index contributed by atoms with van der Waals surface area (Å²) in [6.45, 7) is 4.41. The second kappa shape index (κ2) is 7.89. The number of carbonyl (C=O) groups excluding carboxylic acids is 2. The molecule has 1 atom stereocenters. The van der Waals surface area contributed by atoms with Crippen molar-refractivity contribution in [2.45, 2.75) is 36.6 Å². The molecular weight excluding hydrogens is 436 g/mol. The van der Waals surface area contributed by atoms with E-state index in [0.717, 1.165) is 19.3 Å². The van der Waals surface area contributed by atoms with Gasteiger partial charge in [-0.3, -0.25) is 9.69 Å². The van der Waals surface area contributed by atoms with Crippen LogP contribution in [0.2, 0.25) is 0 Å². The zero-order chi connectivity index (χ0) is 22.5. The van der Waals surface area contributed by atoms with E-state index in [-0.39, 0.29) is 42.5 Å². The van der Waals surface area contributed by atoms with Gasteiger partial charge in [0.05, 0.1) is 24.8 Å². The van der Waals surface area contributed by atoms with Crippen molar-refractivity contribution in [1.29, 1.82) is 0 Å². The van der Waals surface area contributed by atoms with E-state index >= 15 is 0 Å². The van der Waals surface area contributed by atoms with E-state index in [2.05, 4.69) is 5.32 Å². The molecule has 0 aromatic heterocycles. The van der Waals surface area contributed by atoms with Crippen LogP contribution in [0.15, 0.2) is 23.1 Å². The Morgan fingerprint density at radius 2 is 1.75 bits per heavy atom. The lowest BCUT2D eigenvalue weighted by molar-refractivity contribution is -0.133. The van der Waals surface area contributed by atoms with Crippen molar-refractivity contribution < 1.29 is 27.5 Å². The van der Waals surface area contributed by atoms with Crippen LogP contribution in [0.3, 0.4) is 0 Å². The topological polar surface area (TPSA) is 108 Å². The van der Waals surface area contributed by atoms with Gasteiger partial charge in [-0.1, -0.05) is 0 Å². The minimum Gasteiger partial charge on any atom is -0.490 e. The van der Waals surface area contributed by atoms with Crippen LogP contribution in [0.25, 0.3) is 0 Å². The van der Waals surface area contributed by atoms with Crippen molar-refractivity contribution in [1.82, 2.24) is 19.4 Å². The molecule has 32 heavy (non-hydrogen) atoms. The molecule has 3 heterocycles. The zero-order valence-corrected chi connectivity index (χ0v) is 18.9. The molecule has 2 saturated heterocycles. The van der Waals surface area contributed by atoms with Crippen LogP contribution in [0, 0.1) is 5.92 Å². The summed E-state index contributed by atoms with van der Waals surface area (Å²) in [7, 11) is -3.69. The summed E-state index contributed by atoms with van der Waals surface area (Å²) >= 11 is 0. The second-order valence-corrected chi connectivity index (χ2v) is 10.9. The van der Waals surface area contributed by atoms with Crippen molar-refractivity contribution in [3.8, 4) is 11.5 Å². The third kappa shape index (κ3) is 3.71. The monoisotopic (exact) mass is 464 g/mol. The first-order valence-corrected chi connectivity index (χ1v) is 12.5. The van der Waals surface area contributed by atoms with Gasteiger partial charge in [-0.05, 0) is 37.8 Å². The first-order valence-electron chi connectivity index (χ1n) is 11.1. The number of sulfonamides is 1. The van der Waals surface area contributed by atoms with Gasteiger partial charge in [-0.2, -0.15) is 4.31 Å². The molecule has 1 aliphatic carbocycles. The summed E-state index contributed by atoms with van der Waals surface area (Å²) in [4.78, 5) is 28.6. The van der Waals surface area contributed by atoms with Crippen LogP contribution in [0.4, 0.5) is 4.79 Å². The summed E-state index contributed by atoms with van der Waals surface area (Å²) in [5.41, 5.74) is -0.806. The largest absolute Gasteiger partial charge is 0.490 e. The van der Waals surface area contributed by atoms with E-state index in [0.29, 0.717) is 37.8 Å². The van der Waals surface area contributed by atoms with Crippen molar-refractivity contribution in [2.75, 3.05) is 46.1 Å². The SMILES string of the molecule is C[C@]1(C2CC2)NC(=O)N(CN2CCN(S(=O)(=O)c3ccc4c(c3)OCCCO4)CC2)C1=O. The minimum absolute atomic E-state index is 0.171. The molecule has 11 heteroatoms. The molecule has 174 valence electrons. The van der Waals surface area contributed by atoms with Crippen molar-refractivity contribution in [3.05, 3.63) is 18.2 Å². The van der Waals surface area contributed by atoms with Crippen LogP contribution < -0.4 is 14.8 Å². The number of rotatable bonds is 5. The fraction of sp³-hybridized carbons (Fsp3) is 0.619. The number of carbonyl (C=O) groups is 2. The average molecular weight is 465 g/mol. The number of benzene rings is 1. The maximum atomic E-state index is 13.2. The molecule has 1 aromatic rings. The lowest BCUT2D eigenvalue weighted by Gasteiger charge is -2.35. The summed E-state index contributed by atoms with van der Waals surface area (Å²) in [6.07, 6.45) is 2.65. The summed E-state index contributed by atoms with van der Waals surface area (Å²) in [6, 6.07) is 4.33. The summed E-state index contributed by atoms with van der Waals surface area (Å²) in [5.74, 6) is 1.02. The van der Waals surface area contributed by atoms with E-state index in [1.165, 1.54) is 15.3 Å². The third-order valence-corrected chi connectivity index (χ3v) is 8.62. The fourth-order valence-corrected chi connectivity index (χ4v) is 5.98. The molecule has 0 radical (unpaired) electrons. The first kappa shape index (κ1) is 21.5. The Kier molecular flexibility index (Phi) is 5.30. The molecule has 3 aliphatic heterocycles. The highest BCUT2D eigenvalue weighted by molar-refractivity contribution is 7.89. The lowest BCUT2D eigenvalue weighted by atomic mass is 9.96. The van der Waals surface area contributed by atoms with Gasteiger partial charge in [-0.25, -0.2) is 18.1 Å². The Labute approximate surface area is 187 Å². The van der Waals surface area contributed by atoms with Gasteiger partial charge in [-0.15, -0.1) is 0 Å². The number of hydrogen-bond donors (Lipinski definition) is 1. The normalized spacial score (nSPS) is 27.3. The number of piperazine rings is 1. The van der Waals surface area contributed by atoms with Gasteiger partial charge in [0.25, 0.3) is 5.91 Å². The Morgan fingerprint density at radius 3 is 2.44 bits per heavy atom. The molecule has 1 N–H and O–H groups in total. The van der Waals surface area contributed by atoms with Crippen molar-refractivity contribution in [3.63, 3.8) is 0 Å². The van der Waals surface area contributed by atoms with Gasteiger partial charge in [0.15, 0.2) is 11.5 Å². The number of urea groups is 1. The minimum atomic E-state index is -3.69. The van der Waals surface area contributed by atoms with Crippen LogP contribution >= 0.6 is 0 Å². The van der Waals surface area contributed by atoms with E-state index in [4.69, 9.17) is 9.47 Å². The number of nitrogens with zero attached hydrogens (tertiary/aromatic N) is 3. The van der Waals surface area contributed by atoms with E-state index in [1.54, 1.807) is 19.1 Å². The molecule has 0 bridgehead atoms. The fourth-order valence-electron chi connectivity index (χ4n) is 4.55. The molecule has 0 unspecified atom stereocenters. The second-order valence-electron chi connectivity index (χ2n) is 8.96. The standard InChI is InChI=1S/C21H28N4O6S/c1-21(15-3-4-15)19(26)25(20(27)22-21)14-23-7-9-24(10-8-23)32(28,29)16-5-6-17-18(13-16)31-12-2-11-30-17/h5-6,13,15H,2-4,7-12,14H2,1H3,(H,22,27)/t21-/m1/s1. The molecular formula is C21H28N4O6S. The highest BCUT2D eigenvalue weighted by Gasteiger charge is 2.56. The number of hydrogen-bond acceptors (Lipinski definition) is 7. The summed E-state index contributed by atoms with van der Waals surface area (Å²) < 4.78 is 39.0. The number of ether oxygens (including phenoxy) is 2. The number of imide groups is 1. The van der Waals surface area contributed by atoms with Crippen LogP contribution in [0.1, 0.15) is 26.2 Å². The molecule has 10 nitrogen and oxygen atoms in total. The number of nitrogens with one attached hydrogen (secondary N) is 1. The van der Waals surface area contributed by atoms with Crippen LogP contribution in [-0.4, -0.2) is 86.1 Å². The summed E-state index contributed by atoms with van der Waals surface area (Å²) in [5, 5.41) is 2.85. The van der Waals surface area contributed by atoms with Gasteiger partial charge in [0.2, 0.25) is 10.0 Å².